The van der Waals surface area contributed by atoms with Gasteiger partial charge in [-0.15, -0.1) is 0 Å². The number of aromatic nitrogens is 2. The van der Waals surface area contributed by atoms with Crippen molar-refractivity contribution >= 4 is 5.78 Å². The van der Waals surface area contributed by atoms with Gasteiger partial charge in [0, 0.05) is 12.1 Å². The van der Waals surface area contributed by atoms with Crippen LogP contribution in [0.1, 0.15) is 77.3 Å². The summed E-state index contributed by atoms with van der Waals surface area (Å²) >= 11 is 0. The van der Waals surface area contributed by atoms with Gasteiger partial charge in [-0.05, 0) is 98.4 Å². The molecule has 4 nitrogen and oxygen atoms in total. The number of nitrogens with zero attached hydrogens (tertiary/aromatic N) is 3. The number of carbonyl (C=O) groups is 1. The van der Waals surface area contributed by atoms with Gasteiger partial charge in [-0.2, -0.15) is 10.4 Å². The van der Waals surface area contributed by atoms with Crippen LogP contribution in [0.15, 0.2) is 12.3 Å². The highest BCUT2D eigenvalue weighted by Crippen LogP contribution is 2.64. The summed E-state index contributed by atoms with van der Waals surface area (Å²) in [6, 6.07) is 3.75. The minimum atomic E-state index is 0.173. The zero-order valence-corrected chi connectivity index (χ0v) is 18.0. The number of Topliss-reactive ketones (excluding diaryl/α,β-unsaturated/α-hetero) is 1. The zero-order chi connectivity index (χ0) is 20.2. The highest BCUT2D eigenvalue weighted by molar-refractivity contribution is 5.82. The SMILES string of the molecule is C[C@H]1CC[C@@H]2C3CC[C@@]4(C)C(CC[C@@H]4C(=O)Cn4ccc(C#N)n4)[C@@H]3CC[C@@H]2C1. The van der Waals surface area contributed by atoms with Gasteiger partial charge in [-0.1, -0.05) is 20.3 Å². The number of carbonyl (C=O) groups excluding carboxylic acids is 1. The summed E-state index contributed by atoms with van der Waals surface area (Å²) in [7, 11) is 0. The topological polar surface area (TPSA) is 58.7 Å². The lowest BCUT2D eigenvalue weighted by atomic mass is 9.49. The van der Waals surface area contributed by atoms with E-state index in [0.717, 1.165) is 41.9 Å². The Balaban J connectivity index is 1.31. The summed E-state index contributed by atoms with van der Waals surface area (Å²) in [5, 5.41) is 13.2. The van der Waals surface area contributed by atoms with Gasteiger partial charge in [0.05, 0.1) is 6.54 Å². The van der Waals surface area contributed by atoms with Crippen LogP contribution in [0.5, 0.6) is 0 Å². The van der Waals surface area contributed by atoms with Crippen LogP contribution in [0.2, 0.25) is 0 Å². The maximum Gasteiger partial charge on any atom is 0.162 e. The molecule has 4 aliphatic rings. The normalized spacial score (nSPS) is 43.7. The molecule has 0 bridgehead atoms. The van der Waals surface area contributed by atoms with Crippen LogP contribution >= 0.6 is 0 Å². The van der Waals surface area contributed by atoms with Crippen molar-refractivity contribution in [3.05, 3.63) is 18.0 Å². The van der Waals surface area contributed by atoms with E-state index in [0.29, 0.717) is 18.0 Å². The van der Waals surface area contributed by atoms with Crippen LogP contribution in [-0.4, -0.2) is 15.6 Å². The Bertz CT molecular complexity index is 822. The molecule has 1 heterocycles. The van der Waals surface area contributed by atoms with E-state index in [1.165, 1.54) is 51.4 Å². The fourth-order valence-corrected chi connectivity index (χ4v) is 8.40. The molecule has 0 N–H and O–H groups in total. The lowest BCUT2D eigenvalue weighted by Gasteiger charge is -2.56. The molecular weight excluding hydrogens is 358 g/mol. The van der Waals surface area contributed by atoms with E-state index < -0.39 is 0 Å². The van der Waals surface area contributed by atoms with Crippen LogP contribution in [0, 0.1) is 58.2 Å². The molecule has 156 valence electrons. The number of fused-ring (bicyclic) bond motifs is 5. The fraction of sp³-hybridized carbons (Fsp3) is 0.800. The lowest BCUT2D eigenvalue weighted by Crippen LogP contribution is -2.49. The van der Waals surface area contributed by atoms with Crippen molar-refractivity contribution in [2.75, 3.05) is 0 Å². The fourth-order valence-electron chi connectivity index (χ4n) is 8.40. The van der Waals surface area contributed by atoms with Crippen molar-refractivity contribution in [1.29, 1.82) is 5.26 Å². The second-order valence-electron chi connectivity index (χ2n) is 11.0. The summed E-state index contributed by atoms with van der Waals surface area (Å²) in [6.45, 7) is 5.21. The zero-order valence-electron chi connectivity index (χ0n) is 18.0. The summed E-state index contributed by atoms with van der Waals surface area (Å²) in [4.78, 5) is 13.3. The van der Waals surface area contributed by atoms with Crippen molar-refractivity contribution in [2.45, 2.75) is 78.2 Å². The van der Waals surface area contributed by atoms with Gasteiger partial charge in [0.2, 0.25) is 0 Å². The Morgan fingerprint density at radius 2 is 2.00 bits per heavy atom. The molecule has 29 heavy (non-hydrogen) atoms. The number of hydrogen-bond acceptors (Lipinski definition) is 3. The van der Waals surface area contributed by atoms with Gasteiger partial charge < -0.3 is 0 Å². The summed E-state index contributed by atoms with van der Waals surface area (Å²) in [6.07, 6.45) is 13.8. The van der Waals surface area contributed by atoms with E-state index in [9.17, 15) is 4.79 Å². The minimum absolute atomic E-state index is 0.173. The lowest BCUT2D eigenvalue weighted by molar-refractivity contribution is -0.131. The molecule has 0 saturated heterocycles. The maximum absolute atomic E-state index is 13.3. The Morgan fingerprint density at radius 3 is 2.79 bits per heavy atom. The van der Waals surface area contributed by atoms with E-state index in [-0.39, 0.29) is 11.3 Å². The smallest absolute Gasteiger partial charge is 0.162 e. The number of hydrogen-bond donors (Lipinski definition) is 0. The standard InChI is InChI=1S/C25H35N3O/c1-16-3-5-19-17(13-16)4-6-21-20(19)9-11-25(2)22(21)7-8-23(25)24(29)15-28-12-10-18(14-26)27-28/h10,12,16-17,19-23H,3-9,11,13,15H2,1-2H3/t16-,17+,19-,20?,21+,22?,23+,25-/m0/s1. The van der Waals surface area contributed by atoms with Crippen molar-refractivity contribution in [1.82, 2.24) is 9.78 Å². The van der Waals surface area contributed by atoms with Gasteiger partial charge in [-0.25, -0.2) is 0 Å². The predicted molar refractivity (Wildman–Crippen MR) is 112 cm³/mol. The van der Waals surface area contributed by atoms with E-state index >= 15 is 0 Å². The maximum atomic E-state index is 13.3. The second-order valence-corrected chi connectivity index (χ2v) is 11.0. The molecule has 0 aliphatic heterocycles. The third kappa shape index (κ3) is 3.16. The molecule has 0 amide bonds. The molecule has 1 aromatic rings. The van der Waals surface area contributed by atoms with Gasteiger partial charge in [-0.3, -0.25) is 9.48 Å². The third-order valence-corrected chi connectivity index (χ3v) is 9.68. The average Bonchev–Trinajstić information content (AvgIpc) is 3.30. The minimum Gasteiger partial charge on any atom is -0.297 e. The van der Waals surface area contributed by atoms with Crippen LogP contribution in [0.4, 0.5) is 0 Å². The van der Waals surface area contributed by atoms with Crippen molar-refractivity contribution in [3.8, 4) is 6.07 Å². The molecular formula is C25H35N3O. The summed E-state index contributed by atoms with van der Waals surface area (Å²) < 4.78 is 1.66. The van der Waals surface area contributed by atoms with Crippen molar-refractivity contribution in [2.24, 2.45) is 46.8 Å². The Morgan fingerprint density at radius 1 is 1.17 bits per heavy atom. The van der Waals surface area contributed by atoms with Gasteiger partial charge >= 0.3 is 0 Å². The first kappa shape index (κ1) is 19.3. The second kappa shape index (κ2) is 7.25. The van der Waals surface area contributed by atoms with Crippen LogP contribution < -0.4 is 0 Å². The molecule has 4 heteroatoms. The first-order valence-corrected chi connectivity index (χ1v) is 12.0. The first-order valence-electron chi connectivity index (χ1n) is 12.0. The van der Waals surface area contributed by atoms with E-state index in [1.54, 1.807) is 16.9 Å². The van der Waals surface area contributed by atoms with Gasteiger partial charge in [0.15, 0.2) is 11.5 Å². The van der Waals surface area contributed by atoms with Gasteiger partial charge in [0.25, 0.3) is 0 Å². The molecule has 4 fully saturated rings. The van der Waals surface area contributed by atoms with Crippen molar-refractivity contribution in [3.63, 3.8) is 0 Å². The largest absolute Gasteiger partial charge is 0.297 e. The Labute approximate surface area is 175 Å². The molecule has 0 radical (unpaired) electrons. The first-order chi connectivity index (χ1) is 14.0. The molecule has 4 aliphatic carbocycles. The van der Waals surface area contributed by atoms with Crippen LogP contribution in [0.3, 0.4) is 0 Å². The average molecular weight is 394 g/mol. The predicted octanol–water partition coefficient (Wildman–Crippen LogP) is 5.23. The number of nitriles is 1. The van der Waals surface area contributed by atoms with Crippen LogP contribution in [0.25, 0.3) is 0 Å². The highest BCUT2D eigenvalue weighted by atomic mass is 16.1. The van der Waals surface area contributed by atoms with Crippen molar-refractivity contribution < 1.29 is 4.79 Å². The number of rotatable bonds is 3. The Hall–Kier alpha value is -1.63. The number of ketones is 1. The highest BCUT2D eigenvalue weighted by Gasteiger charge is 2.58. The van der Waals surface area contributed by atoms with Gasteiger partial charge in [0.1, 0.15) is 6.07 Å². The van der Waals surface area contributed by atoms with E-state index in [1.807, 2.05) is 0 Å². The summed E-state index contributed by atoms with van der Waals surface area (Å²) in [5.74, 6) is 5.92. The molecule has 5 rings (SSSR count). The Kier molecular flexibility index (Phi) is 4.84. The third-order valence-electron chi connectivity index (χ3n) is 9.68. The molecule has 8 atom stereocenters. The molecule has 0 spiro atoms. The van der Waals surface area contributed by atoms with E-state index in [2.05, 4.69) is 25.0 Å². The van der Waals surface area contributed by atoms with Crippen LogP contribution in [-0.2, 0) is 11.3 Å². The quantitative estimate of drug-likeness (QED) is 0.706. The molecule has 4 saturated carbocycles. The van der Waals surface area contributed by atoms with E-state index in [4.69, 9.17) is 5.26 Å². The molecule has 1 aromatic heterocycles. The molecule has 2 unspecified atom stereocenters. The summed E-state index contributed by atoms with van der Waals surface area (Å²) in [5.41, 5.74) is 0.575. The molecule has 0 aromatic carbocycles. The monoisotopic (exact) mass is 393 g/mol.